The van der Waals surface area contributed by atoms with Crippen LogP contribution in [-0.2, 0) is 17.0 Å². The maximum atomic E-state index is 6.69. The topological polar surface area (TPSA) is 52.3 Å². The monoisotopic (exact) mass is 484 g/mol. The van der Waals surface area contributed by atoms with Crippen LogP contribution in [0, 0.1) is 17.8 Å². The smallest absolute Gasteiger partial charge is 0.166 e. The van der Waals surface area contributed by atoms with E-state index in [-0.39, 0.29) is 0 Å². The first-order valence-corrected chi connectivity index (χ1v) is 12.2. The van der Waals surface area contributed by atoms with Crippen LogP contribution in [0.15, 0.2) is 66.3 Å². The summed E-state index contributed by atoms with van der Waals surface area (Å²) in [6, 6.07) is 15.9. The molecule has 4 rings (SSSR count). The highest BCUT2D eigenvalue weighted by Crippen LogP contribution is 2.50. The van der Waals surface area contributed by atoms with Gasteiger partial charge in [0.2, 0.25) is 0 Å². The van der Waals surface area contributed by atoms with E-state index in [1.165, 1.54) is 18.3 Å². The highest BCUT2D eigenvalue weighted by atomic mass is 35.5. The lowest BCUT2D eigenvalue weighted by atomic mass is 9.64. The number of rotatable bonds is 7. The number of nitrogens with zero attached hydrogens (tertiary/aromatic N) is 4. The highest BCUT2D eigenvalue weighted by Gasteiger charge is 2.48. The zero-order chi connectivity index (χ0) is 23.4. The molecule has 1 heterocycles. The third-order valence-corrected chi connectivity index (χ3v) is 7.18. The summed E-state index contributed by atoms with van der Waals surface area (Å²) < 4.78 is 1.71. The van der Waals surface area contributed by atoms with Gasteiger partial charge >= 0.3 is 0 Å². The predicted octanol–water partition coefficient (Wildman–Crippen LogP) is 6.99. The second-order valence-electron chi connectivity index (χ2n) is 9.34. The van der Waals surface area contributed by atoms with Crippen LogP contribution in [0.4, 0.5) is 0 Å². The number of hydrogen-bond donors (Lipinski definition) is 0. The van der Waals surface area contributed by atoms with Gasteiger partial charge in [0.15, 0.2) is 5.60 Å². The Labute approximate surface area is 205 Å². The van der Waals surface area contributed by atoms with Gasteiger partial charge in [0.05, 0.1) is 11.6 Å². The van der Waals surface area contributed by atoms with Crippen LogP contribution in [0.2, 0.25) is 10.0 Å². The van der Waals surface area contributed by atoms with E-state index in [2.05, 4.69) is 55.1 Å². The molecule has 1 saturated carbocycles. The van der Waals surface area contributed by atoms with Crippen LogP contribution in [0.1, 0.15) is 51.2 Å². The van der Waals surface area contributed by atoms with Gasteiger partial charge in [-0.2, -0.15) is 5.10 Å². The fourth-order valence-corrected chi connectivity index (χ4v) is 5.56. The first-order chi connectivity index (χ1) is 15.9. The van der Waals surface area contributed by atoms with Crippen molar-refractivity contribution in [2.45, 2.75) is 52.2 Å². The molecule has 3 unspecified atom stereocenters. The van der Waals surface area contributed by atoms with Crippen LogP contribution in [0.5, 0.6) is 0 Å². The molecule has 0 amide bonds. The Hall–Kier alpha value is -2.37. The maximum absolute atomic E-state index is 6.69. The van der Waals surface area contributed by atoms with Crippen molar-refractivity contribution in [2.75, 3.05) is 0 Å². The molecule has 1 aliphatic rings. The summed E-state index contributed by atoms with van der Waals surface area (Å²) in [6.07, 6.45) is 6.37. The standard InChI is InChI=1S/C26H30Cl2N4O/c1-18(2)23-12-9-19(3)14-26(23,20-7-5-4-6-8-20)33-31-25(15-32-17-29-16-30-32)22-11-10-21(27)13-24(22)28/h4-8,10-11,13,16-19,23H,9,12,14-15H2,1-3H3. The quantitative estimate of drug-likeness (QED) is 0.268. The molecule has 0 aliphatic heterocycles. The molecule has 1 aromatic heterocycles. The zero-order valence-electron chi connectivity index (χ0n) is 19.3. The summed E-state index contributed by atoms with van der Waals surface area (Å²) in [5.74, 6) is 1.33. The van der Waals surface area contributed by atoms with Crippen molar-refractivity contribution in [3.8, 4) is 0 Å². The molecule has 3 atom stereocenters. The fourth-order valence-electron chi connectivity index (χ4n) is 5.04. The minimum absolute atomic E-state index is 0.341. The zero-order valence-corrected chi connectivity index (χ0v) is 20.8. The average molecular weight is 485 g/mol. The Morgan fingerprint density at radius 1 is 1.18 bits per heavy atom. The molecule has 1 aliphatic carbocycles. The van der Waals surface area contributed by atoms with Gasteiger partial charge < -0.3 is 4.84 Å². The van der Waals surface area contributed by atoms with Crippen molar-refractivity contribution in [2.24, 2.45) is 22.9 Å². The van der Waals surface area contributed by atoms with Crippen LogP contribution in [0.25, 0.3) is 0 Å². The summed E-state index contributed by atoms with van der Waals surface area (Å²) in [6.45, 7) is 7.23. The summed E-state index contributed by atoms with van der Waals surface area (Å²) in [4.78, 5) is 10.8. The highest BCUT2D eigenvalue weighted by molar-refractivity contribution is 6.37. The van der Waals surface area contributed by atoms with Crippen LogP contribution in [0.3, 0.4) is 0 Å². The molecule has 0 saturated heterocycles. The molecule has 0 N–H and O–H groups in total. The number of oxime groups is 1. The Morgan fingerprint density at radius 2 is 1.97 bits per heavy atom. The van der Waals surface area contributed by atoms with Gasteiger partial charge in [0.1, 0.15) is 18.4 Å². The van der Waals surface area contributed by atoms with Gasteiger partial charge in [-0.15, -0.1) is 0 Å². The second kappa shape index (κ2) is 10.3. The van der Waals surface area contributed by atoms with E-state index in [1.54, 1.807) is 17.1 Å². The van der Waals surface area contributed by atoms with Crippen molar-refractivity contribution in [1.82, 2.24) is 14.8 Å². The van der Waals surface area contributed by atoms with Gasteiger partial charge in [-0.1, -0.05) is 85.9 Å². The number of aromatic nitrogens is 3. The Bertz CT molecular complexity index is 1080. The lowest BCUT2D eigenvalue weighted by Crippen LogP contribution is -2.44. The molecule has 0 spiro atoms. The summed E-state index contributed by atoms with van der Waals surface area (Å²) in [5, 5.41) is 10.2. The molecule has 0 radical (unpaired) electrons. The van der Waals surface area contributed by atoms with E-state index in [9.17, 15) is 0 Å². The third kappa shape index (κ3) is 5.25. The number of hydrogen-bond acceptors (Lipinski definition) is 4. The third-order valence-electron chi connectivity index (χ3n) is 6.63. The molecule has 174 valence electrons. The van der Waals surface area contributed by atoms with Crippen LogP contribution in [-0.4, -0.2) is 20.5 Å². The van der Waals surface area contributed by atoms with Gasteiger partial charge in [-0.05, 0) is 48.4 Å². The van der Waals surface area contributed by atoms with E-state index in [0.717, 1.165) is 18.4 Å². The number of halogens is 2. The summed E-state index contributed by atoms with van der Waals surface area (Å²) in [7, 11) is 0. The molecule has 3 aromatic rings. The molecule has 7 heteroatoms. The lowest BCUT2D eigenvalue weighted by Gasteiger charge is -2.46. The van der Waals surface area contributed by atoms with Gasteiger partial charge in [0.25, 0.3) is 0 Å². The Morgan fingerprint density at radius 3 is 2.64 bits per heavy atom. The van der Waals surface area contributed by atoms with E-state index in [1.807, 2.05) is 18.2 Å². The molecule has 1 fully saturated rings. The minimum Gasteiger partial charge on any atom is -0.384 e. The van der Waals surface area contributed by atoms with E-state index in [0.29, 0.717) is 40.1 Å². The largest absolute Gasteiger partial charge is 0.384 e. The Kier molecular flexibility index (Phi) is 7.40. The predicted molar refractivity (Wildman–Crippen MR) is 134 cm³/mol. The molecule has 5 nitrogen and oxygen atoms in total. The first-order valence-electron chi connectivity index (χ1n) is 11.5. The molecule has 2 aromatic carbocycles. The van der Waals surface area contributed by atoms with Crippen molar-refractivity contribution in [1.29, 1.82) is 0 Å². The second-order valence-corrected chi connectivity index (χ2v) is 10.2. The fraction of sp³-hybridized carbons (Fsp3) is 0.423. The van der Waals surface area contributed by atoms with Crippen molar-refractivity contribution < 1.29 is 4.84 Å². The van der Waals surface area contributed by atoms with E-state index < -0.39 is 5.60 Å². The Balaban J connectivity index is 1.80. The lowest BCUT2D eigenvalue weighted by molar-refractivity contribution is -0.139. The van der Waals surface area contributed by atoms with Crippen molar-refractivity contribution in [3.63, 3.8) is 0 Å². The maximum Gasteiger partial charge on any atom is 0.166 e. The normalized spacial score (nSPS) is 23.6. The first kappa shape index (κ1) is 23.8. The SMILES string of the molecule is CC1CCC(C(C)C)C(ON=C(Cn2cncn2)c2ccc(Cl)cc2Cl)(c2ccccc2)C1. The van der Waals surface area contributed by atoms with Gasteiger partial charge in [0, 0.05) is 16.5 Å². The number of benzene rings is 2. The van der Waals surface area contributed by atoms with E-state index >= 15 is 0 Å². The summed E-state index contributed by atoms with van der Waals surface area (Å²) in [5.41, 5.74) is 2.10. The van der Waals surface area contributed by atoms with Gasteiger partial charge in [-0.3, -0.25) is 0 Å². The average Bonchev–Trinajstić information content (AvgIpc) is 3.30. The molecule has 0 bridgehead atoms. The van der Waals surface area contributed by atoms with Crippen molar-refractivity contribution >= 4 is 28.9 Å². The minimum atomic E-state index is -0.514. The van der Waals surface area contributed by atoms with Crippen LogP contribution >= 0.6 is 23.2 Å². The molecular formula is C26H30Cl2N4O. The molecular weight excluding hydrogens is 455 g/mol. The summed E-state index contributed by atoms with van der Waals surface area (Å²) >= 11 is 12.7. The van der Waals surface area contributed by atoms with Crippen molar-refractivity contribution in [3.05, 3.63) is 82.4 Å². The van der Waals surface area contributed by atoms with Gasteiger partial charge in [-0.25, -0.2) is 9.67 Å². The van der Waals surface area contributed by atoms with Crippen LogP contribution < -0.4 is 0 Å². The van der Waals surface area contributed by atoms with E-state index in [4.69, 9.17) is 33.2 Å². The molecule has 33 heavy (non-hydrogen) atoms.